The number of aromatic nitrogens is 1. The van der Waals surface area contributed by atoms with Crippen molar-refractivity contribution in [1.29, 1.82) is 0 Å². The third-order valence-electron chi connectivity index (χ3n) is 5.46. The number of rotatable bonds is 2. The number of amides is 1. The Hall–Kier alpha value is -1.99. The highest BCUT2D eigenvalue weighted by Gasteiger charge is 2.65. The summed E-state index contributed by atoms with van der Waals surface area (Å²) in [6.45, 7) is 6.09. The number of carbonyl (C=O) groups is 1. The summed E-state index contributed by atoms with van der Waals surface area (Å²) in [5.74, 6) is -0.403. The van der Waals surface area contributed by atoms with Crippen molar-refractivity contribution < 1.29 is 27.8 Å². The minimum atomic E-state index is -4.58. The standard InChI is InChI=1S/C17H21F3N2O3/c1-15(2,3)16-8-10(9-22(16)14(23)24)7-12(16)25-13-11(17(18,19)20)5-4-6-21-13/h4-6,10,12H,7-9H2,1-3H3,(H,23,24)/t10-,12+,16?/m0/s1. The van der Waals surface area contributed by atoms with E-state index in [9.17, 15) is 23.1 Å². The monoisotopic (exact) mass is 358 g/mol. The summed E-state index contributed by atoms with van der Waals surface area (Å²) < 4.78 is 45.4. The number of hydrogen-bond acceptors (Lipinski definition) is 3. The third-order valence-corrected chi connectivity index (χ3v) is 5.46. The molecule has 1 amide bonds. The fraction of sp³-hybridized carbons (Fsp3) is 0.647. The molecule has 1 aliphatic carbocycles. The molecule has 3 rings (SSSR count). The molecule has 138 valence electrons. The zero-order valence-corrected chi connectivity index (χ0v) is 14.3. The first-order valence-electron chi connectivity index (χ1n) is 8.16. The Balaban J connectivity index is 2.00. The van der Waals surface area contributed by atoms with Crippen LogP contribution in [0.5, 0.6) is 5.88 Å². The number of piperidine rings is 1. The normalized spacial score (nSPS) is 29.1. The van der Waals surface area contributed by atoms with Gasteiger partial charge >= 0.3 is 12.3 Å². The molecule has 25 heavy (non-hydrogen) atoms. The van der Waals surface area contributed by atoms with Crippen LogP contribution in [0.15, 0.2) is 18.3 Å². The van der Waals surface area contributed by atoms with Crippen LogP contribution in [-0.2, 0) is 6.18 Å². The average molecular weight is 358 g/mol. The largest absolute Gasteiger partial charge is 0.471 e. The molecule has 3 atom stereocenters. The van der Waals surface area contributed by atoms with E-state index in [1.54, 1.807) is 0 Å². The minimum Gasteiger partial charge on any atom is -0.471 e. The summed E-state index contributed by atoms with van der Waals surface area (Å²) in [7, 11) is 0. The summed E-state index contributed by atoms with van der Waals surface area (Å²) in [5, 5.41) is 9.61. The van der Waals surface area contributed by atoms with Crippen molar-refractivity contribution in [3.63, 3.8) is 0 Å². The van der Waals surface area contributed by atoms with Gasteiger partial charge in [-0.15, -0.1) is 0 Å². The van der Waals surface area contributed by atoms with Gasteiger partial charge in [0.15, 0.2) is 0 Å². The molecule has 2 fully saturated rings. The SMILES string of the molecule is CC(C)(C)C12C[C@H](C[C@H]1Oc1ncccc1C(F)(F)F)CN2C(=O)O. The van der Waals surface area contributed by atoms with E-state index in [4.69, 9.17) is 4.74 Å². The van der Waals surface area contributed by atoms with Crippen molar-refractivity contribution >= 4 is 6.09 Å². The summed E-state index contributed by atoms with van der Waals surface area (Å²) >= 11 is 0. The molecule has 1 N–H and O–H groups in total. The smallest absolute Gasteiger partial charge is 0.421 e. The van der Waals surface area contributed by atoms with Crippen LogP contribution in [0.3, 0.4) is 0 Å². The first-order chi connectivity index (χ1) is 11.5. The van der Waals surface area contributed by atoms with E-state index in [1.165, 1.54) is 17.2 Å². The lowest BCUT2D eigenvalue weighted by atomic mass is 9.70. The molecule has 1 aliphatic heterocycles. The summed E-state index contributed by atoms with van der Waals surface area (Å²) in [6, 6.07) is 2.13. The maximum absolute atomic E-state index is 13.2. The lowest BCUT2D eigenvalue weighted by molar-refractivity contribution is -0.141. The Labute approximate surface area is 143 Å². The van der Waals surface area contributed by atoms with E-state index in [0.717, 1.165) is 6.07 Å². The minimum absolute atomic E-state index is 0.0818. The maximum Gasteiger partial charge on any atom is 0.421 e. The number of ether oxygens (including phenoxy) is 1. The van der Waals surface area contributed by atoms with Gasteiger partial charge in [0.05, 0.1) is 5.54 Å². The molecule has 1 saturated carbocycles. The van der Waals surface area contributed by atoms with Crippen molar-refractivity contribution in [3.05, 3.63) is 23.9 Å². The number of pyridine rings is 1. The highest BCUT2D eigenvalue weighted by molar-refractivity contribution is 5.67. The molecular weight excluding hydrogens is 337 g/mol. The molecule has 1 saturated heterocycles. The van der Waals surface area contributed by atoms with Crippen LogP contribution in [0.2, 0.25) is 0 Å². The molecule has 0 radical (unpaired) electrons. The second kappa shape index (κ2) is 5.51. The van der Waals surface area contributed by atoms with E-state index in [0.29, 0.717) is 19.4 Å². The first-order valence-corrected chi connectivity index (χ1v) is 8.16. The number of nitrogens with zero attached hydrogens (tertiary/aromatic N) is 2. The molecule has 2 bridgehead atoms. The highest BCUT2D eigenvalue weighted by Crippen LogP contribution is 2.56. The molecule has 5 nitrogen and oxygen atoms in total. The zero-order chi connectivity index (χ0) is 18.6. The van der Waals surface area contributed by atoms with Crippen LogP contribution in [0.25, 0.3) is 0 Å². The van der Waals surface area contributed by atoms with Gasteiger partial charge in [-0.05, 0) is 36.3 Å². The number of fused-ring (bicyclic) bond motifs is 2. The fourth-order valence-corrected chi connectivity index (χ4v) is 4.42. The summed E-state index contributed by atoms with van der Waals surface area (Å²) in [5.41, 5.74) is -2.30. The Kier molecular flexibility index (Phi) is 3.92. The number of likely N-dealkylation sites (tertiary alicyclic amines) is 1. The van der Waals surface area contributed by atoms with Gasteiger partial charge in [0.1, 0.15) is 11.7 Å². The van der Waals surface area contributed by atoms with Crippen LogP contribution >= 0.6 is 0 Å². The molecular formula is C17H21F3N2O3. The van der Waals surface area contributed by atoms with Crippen molar-refractivity contribution in [1.82, 2.24) is 9.88 Å². The van der Waals surface area contributed by atoms with Gasteiger partial charge in [-0.1, -0.05) is 20.8 Å². The van der Waals surface area contributed by atoms with Crippen molar-refractivity contribution in [2.75, 3.05) is 6.54 Å². The van der Waals surface area contributed by atoms with Gasteiger partial charge < -0.3 is 9.84 Å². The Bertz CT molecular complexity index is 686. The van der Waals surface area contributed by atoms with Gasteiger partial charge in [0, 0.05) is 12.7 Å². The van der Waals surface area contributed by atoms with E-state index in [1.807, 2.05) is 20.8 Å². The average Bonchev–Trinajstić information content (AvgIpc) is 3.03. The molecule has 2 heterocycles. The molecule has 1 aromatic rings. The van der Waals surface area contributed by atoms with Gasteiger partial charge in [0.25, 0.3) is 0 Å². The summed E-state index contributed by atoms with van der Waals surface area (Å²) in [6.07, 6.45) is -3.96. The first kappa shape index (κ1) is 17.8. The Morgan fingerprint density at radius 3 is 2.64 bits per heavy atom. The van der Waals surface area contributed by atoms with Gasteiger partial charge in [-0.2, -0.15) is 13.2 Å². The van der Waals surface area contributed by atoms with Crippen LogP contribution in [0, 0.1) is 11.3 Å². The van der Waals surface area contributed by atoms with Crippen molar-refractivity contribution in [2.24, 2.45) is 11.3 Å². The lowest BCUT2D eigenvalue weighted by Crippen LogP contribution is -2.63. The van der Waals surface area contributed by atoms with Gasteiger partial charge in [-0.25, -0.2) is 9.78 Å². The van der Waals surface area contributed by atoms with E-state index in [-0.39, 0.29) is 5.92 Å². The van der Waals surface area contributed by atoms with E-state index >= 15 is 0 Å². The topological polar surface area (TPSA) is 62.7 Å². The van der Waals surface area contributed by atoms with E-state index in [2.05, 4.69) is 4.98 Å². The van der Waals surface area contributed by atoms with Gasteiger partial charge in [-0.3, -0.25) is 4.90 Å². The van der Waals surface area contributed by atoms with Crippen molar-refractivity contribution in [2.45, 2.75) is 51.4 Å². The molecule has 1 unspecified atom stereocenters. The van der Waals surface area contributed by atoms with Crippen LogP contribution in [-0.4, -0.2) is 39.3 Å². The van der Waals surface area contributed by atoms with Crippen LogP contribution in [0.4, 0.5) is 18.0 Å². The van der Waals surface area contributed by atoms with Crippen LogP contribution in [0.1, 0.15) is 39.2 Å². The molecule has 1 aromatic heterocycles. The lowest BCUT2D eigenvalue weighted by Gasteiger charge is -2.50. The number of alkyl halides is 3. The van der Waals surface area contributed by atoms with Crippen LogP contribution < -0.4 is 4.74 Å². The number of carboxylic acid groups (broad SMARTS) is 1. The molecule has 0 spiro atoms. The molecule has 0 aromatic carbocycles. The second-order valence-electron chi connectivity index (χ2n) is 7.83. The Morgan fingerprint density at radius 2 is 2.08 bits per heavy atom. The number of halogens is 3. The van der Waals surface area contributed by atoms with Gasteiger partial charge in [0.2, 0.25) is 5.88 Å². The zero-order valence-electron chi connectivity index (χ0n) is 14.3. The molecule has 2 aliphatic rings. The fourth-order valence-electron chi connectivity index (χ4n) is 4.42. The predicted molar refractivity (Wildman–Crippen MR) is 83.3 cm³/mol. The third kappa shape index (κ3) is 2.71. The highest BCUT2D eigenvalue weighted by atomic mass is 19.4. The Morgan fingerprint density at radius 1 is 1.40 bits per heavy atom. The summed E-state index contributed by atoms with van der Waals surface area (Å²) in [4.78, 5) is 16.9. The number of hydrogen-bond donors (Lipinski definition) is 1. The predicted octanol–water partition coefficient (Wildman–Crippen LogP) is 4.04. The second-order valence-corrected chi connectivity index (χ2v) is 7.83. The van der Waals surface area contributed by atoms with E-state index < -0.39 is 40.8 Å². The quantitative estimate of drug-likeness (QED) is 0.867. The van der Waals surface area contributed by atoms with Crippen molar-refractivity contribution in [3.8, 4) is 5.88 Å². The maximum atomic E-state index is 13.2. The molecule has 8 heteroatoms.